The van der Waals surface area contributed by atoms with Crippen molar-refractivity contribution in [3.8, 4) is 17.2 Å². The number of rotatable bonds is 3. The highest BCUT2D eigenvalue weighted by Gasteiger charge is 2.32. The predicted octanol–water partition coefficient (Wildman–Crippen LogP) is 3.30. The van der Waals surface area contributed by atoms with E-state index in [0.29, 0.717) is 6.07 Å². The van der Waals surface area contributed by atoms with Crippen LogP contribution in [-0.4, -0.2) is 11.0 Å². The zero-order valence-corrected chi connectivity index (χ0v) is 10.5. The summed E-state index contributed by atoms with van der Waals surface area (Å²) in [7, 11) is 0. The first-order valence-electron chi connectivity index (χ1n) is 5.76. The molecule has 3 N–H and O–H groups in total. The number of carbonyl (C=O) groups excluding carboxylic acids is 1. The van der Waals surface area contributed by atoms with E-state index in [1.54, 1.807) is 12.1 Å². The fraction of sp³-hybridized carbons (Fsp3) is 0.0714. The number of hydrogen-bond acceptors (Lipinski definition) is 3. The van der Waals surface area contributed by atoms with Gasteiger partial charge in [0.15, 0.2) is 11.5 Å². The predicted molar refractivity (Wildman–Crippen MR) is 68.1 cm³/mol. The van der Waals surface area contributed by atoms with Crippen molar-refractivity contribution in [1.29, 1.82) is 0 Å². The van der Waals surface area contributed by atoms with E-state index in [1.807, 2.05) is 0 Å². The Morgan fingerprint density at radius 1 is 1.10 bits per heavy atom. The highest BCUT2D eigenvalue weighted by molar-refractivity contribution is 5.96. The molecule has 0 aromatic heterocycles. The molecule has 2 aromatic rings. The van der Waals surface area contributed by atoms with Gasteiger partial charge in [0.1, 0.15) is 5.75 Å². The normalized spacial score (nSPS) is 11.2. The summed E-state index contributed by atoms with van der Waals surface area (Å²) in [5.74, 6) is -1.45. The second-order valence-corrected chi connectivity index (χ2v) is 4.14. The van der Waals surface area contributed by atoms with Gasteiger partial charge in [-0.1, -0.05) is 12.1 Å². The maximum absolute atomic E-state index is 12.6. The van der Waals surface area contributed by atoms with Crippen molar-refractivity contribution in [3.05, 3.63) is 53.6 Å². The van der Waals surface area contributed by atoms with Gasteiger partial charge < -0.3 is 15.6 Å². The smallest absolute Gasteiger partial charge is 0.416 e. The molecule has 7 heteroatoms. The molecular weight excluding hydrogens is 287 g/mol. The number of amides is 1. The number of phenols is 1. The average molecular weight is 297 g/mol. The number of alkyl halides is 3. The van der Waals surface area contributed by atoms with Gasteiger partial charge >= 0.3 is 6.18 Å². The molecule has 0 radical (unpaired) electrons. The molecule has 110 valence electrons. The zero-order chi connectivity index (χ0) is 15.6. The minimum atomic E-state index is -4.60. The van der Waals surface area contributed by atoms with Gasteiger partial charge in [-0.3, -0.25) is 4.79 Å². The highest BCUT2D eigenvalue weighted by atomic mass is 19.4. The van der Waals surface area contributed by atoms with Crippen LogP contribution in [-0.2, 0) is 6.18 Å². The van der Waals surface area contributed by atoms with Crippen molar-refractivity contribution in [3.63, 3.8) is 0 Å². The van der Waals surface area contributed by atoms with Crippen LogP contribution in [0.15, 0.2) is 42.5 Å². The third-order valence-corrected chi connectivity index (χ3v) is 2.66. The van der Waals surface area contributed by atoms with Crippen molar-refractivity contribution < 1.29 is 27.8 Å². The second kappa shape index (κ2) is 5.35. The lowest BCUT2D eigenvalue weighted by Gasteiger charge is -2.13. The van der Waals surface area contributed by atoms with Crippen molar-refractivity contribution >= 4 is 5.91 Å². The van der Waals surface area contributed by atoms with E-state index in [2.05, 4.69) is 0 Å². The molecule has 2 aromatic carbocycles. The first-order valence-corrected chi connectivity index (χ1v) is 5.76. The Kier molecular flexibility index (Phi) is 3.75. The van der Waals surface area contributed by atoms with E-state index in [-0.39, 0.29) is 17.2 Å². The Hall–Kier alpha value is -2.70. The maximum atomic E-state index is 12.6. The molecule has 0 saturated heterocycles. The lowest BCUT2D eigenvalue weighted by molar-refractivity contribution is -0.137. The number of carbonyl (C=O) groups is 1. The summed E-state index contributed by atoms with van der Waals surface area (Å²) in [6.07, 6.45) is -4.60. The van der Waals surface area contributed by atoms with Crippen LogP contribution in [0.4, 0.5) is 13.2 Å². The number of phenolic OH excluding ortho intramolecular Hbond substituents is 1. The largest absolute Gasteiger partial charge is 0.504 e. The Bertz CT molecular complexity index is 683. The fourth-order valence-corrected chi connectivity index (χ4v) is 1.65. The highest BCUT2D eigenvalue weighted by Crippen LogP contribution is 2.36. The number of primary amides is 1. The van der Waals surface area contributed by atoms with Crippen molar-refractivity contribution in [2.24, 2.45) is 5.73 Å². The van der Waals surface area contributed by atoms with Crippen LogP contribution >= 0.6 is 0 Å². The minimum Gasteiger partial charge on any atom is -0.504 e. The van der Waals surface area contributed by atoms with E-state index in [4.69, 9.17) is 10.5 Å². The lowest BCUT2D eigenvalue weighted by atomic mass is 10.1. The Morgan fingerprint density at radius 2 is 1.76 bits per heavy atom. The van der Waals surface area contributed by atoms with Crippen LogP contribution in [0.3, 0.4) is 0 Å². The number of hydrogen-bond donors (Lipinski definition) is 2. The summed E-state index contributed by atoms with van der Waals surface area (Å²) >= 11 is 0. The molecule has 0 spiro atoms. The molecule has 0 aliphatic heterocycles. The van der Waals surface area contributed by atoms with Gasteiger partial charge in [0.25, 0.3) is 5.91 Å². The fourth-order valence-electron chi connectivity index (χ4n) is 1.65. The summed E-state index contributed by atoms with van der Waals surface area (Å²) in [5, 5.41) is 9.56. The number of ether oxygens (including phenoxy) is 1. The average Bonchev–Trinajstić information content (AvgIpc) is 2.40. The molecule has 0 saturated carbocycles. The van der Waals surface area contributed by atoms with Crippen LogP contribution in [0, 0.1) is 0 Å². The zero-order valence-electron chi connectivity index (χ0n) is 10.5. The van der Waals surface area contributed by atoms with Crippen molar-refractivity contribution in [1.82, 2.24) is 0 Å². The van der Waals surface area contributed by atoms with E-state index in [1.165, 1.54) is 12.1 Å². The number of benzene rings is 2. The summed E-state index contributed by atoms with van der Waals surface area (Å²) < 4.78 is 43.1. The molecule has 21 heavy (non-hydrogen) atoms. The van der Waals surface area contributed by atoms with Gasteiger partial charge in [-0.05, 0) is 30.3 Å². The number of halogens is 3. The van der Waals surface area contributed by atoms with Gasteiger partial charge in [-0.25, -0.2) is 0 Å². The van der Waals surface area contributed by atoms with Crippen LogP contribution in [0.1, 0.15) is 15.9 Å². The van der Waals surface area contributed by atoms with Gasteiger partial charge in [0.2, 0.25) is 0 Å². The van der Waals surface area contributed by atoms with Crippen LogP contribution in [0.5, 0.6) is 17.2 Å². The summed E-state index contributed by atoms with van der Waals surface area (Å²) in [6, 6.07) is 8.20. The van der Waals surface area contributed by atoms with Gasteiger partial charge in [0, 0.05) is 0 Å². The molecule has 0 aliphatic carbocycles. The first kappa shape index (κ1) is 14.7. The minimum absolute atomic E-state index is 0.000223. The Morgan fingerprint density at radius 3 is 2.33 bits per heavy atom. The molecule has 2 rings (SSSR count). The van der Waals surface area contributed by atoms with Crippen LogP contribution in [0.2, 0.25) is 0 Å². The molecule has 1 amide bonds. The maximum Gasteiger partial charge on any atom is 0.416 e. The van der Waals surface area contributed by atoms with Gasteiger partial charge in [0.05, 0.1) is 11.1 Å². The molecule has 0 atom stereocenters. The molecule has 4 nitrogen and oxygen atoms in total. The molecule has 0 bridgehead atoms. The SMILES string of the molecule is NC(=O)c1cc(C(F)(F)F)ccc1Oc1ccccc1O. The monoisotopic (exact) mass is 297 g/mol. The molecule has 0 fully saturated rings. The van der Waals surface area contributed by atoms with Crippen LogP contribution < -0.4 is 10.5 Å². The van der Waals surface area contributed by atoms with E-state index < -0.39 is 23.2 Å². The van der Waals surface area contributed by atoms with E-state index in [9.17, 15) is 23.1 Å². The lowest BCUT2D eigenvalue weighted by Crippen LogP contribution is -2.14. The standard InChI is InChI=1S/C14H10F3NO3/c15-14(16,17)8-5-6-11(9(7-8)13(18)20)21-12-4-2-1-3-10(12)19/h1-7,19H,(H2,18,20). The first-order chi connectivity index (χ1) is 9.79. The van der Waals surface area contributed by atoms with Crippen LogP contribution in [0.25, 0.3) is 0 Å². The second-order valence-electron chi connectivity index (χ2n) is 4.14. The third-order valence-electron chi connectivity index (χ3n) is 2.66. The molecule has 0 unspecified atom stereocenters. The van der Waals surface area contributed by atoms with Gasteiger partial charge in [-0.15, -0.1) is 0 Å². The topological polar surface area (TPSA) is 72.6 Å². The molecule has 0 heterocycles. The van der Waals surface area contributed by atoms with Crippen molar-refractivity contribution in [2.75, 3.05) is 0 Å². The number of para-hydroxylation sites is 2. The third kappa shape index (κ3) is 3.25. The molecular formula is C14H10F3NO3. The van der Waals surface area contributed by atoms with Gasteiger partial charge in [-0.2, -0.15) is 13.2 Å². The van der Waals surface area contributed by atoms with E-state index >= 15 is 0 Å². The molecule has 0 aliphatic rings. The Labute approximate surface area is 117 Å². The quantitative estimate of drug-likeness (QED) is 0.913. The van der Waals surface area contributed by atoms with Crippen molar-refractivity contribution in [2.45, 2.75) is 6.18 Å². The number of aromatic hydroxyl groups is 1. The Balaban J connectivity index is 2.45. The summed E-state index contributed by atoms with van der Waals surface area (Å²) in [6.45, 7) is 0. The number of nitrogens with two attached hydrogens (primary N) is 1. The van der Waals surface area contributed by atoms with E-state index in [0.717, 1.165) is 12.1 Å². The summed E-state index contributed by atoms with van der Waals surface area (Å²) in [4.78, 5) is 11.3. The summed E-state index contributed by atoms with van der Waals surface area (Å²) in [5.41, 5.74) is 3.63.